The normalized spacial score (nSPS) is 13.2. The summed E-state index contributed by atoms with van der Waals surface area (Å²) in [5.74, 6) is 0.453. The fraction of sp³-hybridized carbons (Fsp3) is 0.538. The van der Waals surface area contributed by atoms with Gasteiger partial charge in [-0.05, 0) is 32.0 Å². The lowest BCUT2D eigenvalue weighted by molar-refractivity contribution is 0.0799. The maximum atomic E-state index is 12.1. The van der Waals surface area contributed by atoms with E-state index in [-0.39, 0.29) is 24.2 Å². The summed E-state index contributed by atoms with van der Waals surface area (Å²) in [5.41, 5.74) is 0.424. The zero-order valence-corrected chi connectivity index (χ0v) is 12.7. The van der Waals surface area contributed by atoms with Gasteiger partial charge in [0.1, 0.15) is 5.75 Å². The smallest absolute Gasteiger partial charge is 0.240 e. The molecular formula is C13H21NO5S. The van der Waals surface area contributed by atoms with E-state index in [4.69, 9.17) is 9.47 Å². The van der Waals surface area contributed by atoms with Gasteiger partial charge in [-0.3, -0.25) is 0 Å². The Balaban J connectivity index is 2.87. The number of sulfonamides is 1. The monoisotopic (exact) mass is 303 g/mol. The van der Waals surface area contributed by atoms with Crippen molar-refractivity contribution in [2.75, 3.05) is 20.3 Å². The van der Waals surface area contributed by atoms with Gasteiger partial charge in [0.05, 0.1) is 24.7 Å². The standard InChI is InChI=1S/C13H21NO5S/c1-4-19-10(2)8-14-20(16,17)12-5-6-13(18-3)11(7-12)9-15/h5-7,10,14-15H,4,8-9H2,1-3H3. The van der Waals surface area contributed by atoms with Crippen LogP contribution in [-0.2, 0) is 21.4 Å². The fourth-order valence-electron chi connectivity index (χ4n) is 1.70. The van der Waals surface area contributed by atoms with E-state index in [1.165, 1.54) is 25.3 Å². The van der Waals surface area contributed by atoms with Crippen molar-refractivity contribution in [3.8, 4) is 5.75 Å². The highest BCUT2D eigenvalue weighted by Gasteiger charge is 2.17. The zero-order chi connectivity index (χ0) is 15.2. The molecule has 7 heteroatoms. The summed E-state index contributed by atoms with van der Waals surface area (Å²) in [4.78, 5) is 0.0889. The van der Waals surface area contributed by atoms with E-state index < -0.39 is 10.0 Å². The van der Waals surface area contributed by atoms with Crippen LogP contribution in [-0.4, -0.2) is 39.9 Å². The molecule has 1 atom stereocenters. The second-order valence-electron chi connectivity index (χ2n) is 4.25. The topological polar surface area (TPSA) is 84.9 Å². The first-order valence-corrected chi connectivity index (χ1v) is 7.82. The number of methoxy groups -OCH3 is 1. The molecule has 1 rings (SSSR count). The molecule has 0 aliphatic heterocycles. The molecule has 0 aromatic heterocycles. The number of nitrogens with one attached hydrogen (secondary N) is 1. The summed E-state index contributed by atoms with van der Waals surface area (Å²) >= 11 is 0. The van der Waals surface area contributed by atoms with Crippen molar-refractivity contribution in [1.82, 2.24) is 4.72 Å². The van der Waals surface area contributed by atoms with Crippen LogP contribution in [0.2, 0.25) is 0 Å². The highest BCUT2D eigenvalue weighted by molar-refractivity contribution is 7.89. The summed E-state index contributed by atoms with van der Waals surface area (Å²) in [6, 6.07) is 4.35. The largest absolute Gasteiger partial charge is 0.496 e. The third-order valence-electron chi connectivity index (χ3n) is 2.74. The van der Waals surface area contributed by atoms with Gasteiger partial charge >= 0.3 is 0 Å². The van der Waals surface area contributed by atoms with Crippen LogP contribution in [0.25, 0.3) is 0 Å². The molecule has 0 radical (unpaired) electrons. The van der Waals surface area contributed by atoms with Crippen LogP contribution in [0, 0.1) is 0 Å². The molecule has 0 spiro atoms. The van der Waals surface area contributed by atoms with Crippen LogP contribution < -0.4 is 9.46 Å². The second kappa shape index (κ2) is 7.58. The first kappa shape index (κ1) is 16.9. The van der Waals surface area contributed by atoms with Crippen molar-refractivity contribution >= 4 is 10.0 Å². The zero-order valence-electron chi connectivity index (χ0n) is 11.9. The summed E-state index contributed by atoms with van der Waals surface area (Å²) < 4.78 is 37.0. The fourth-order valence-corrected chi connectivity index (χ4v) is 2.86. The van der Waals surface area contributed by atoms with E-state index in [1.54, 1.807) is 6.92 Å². The second-order valence-corrected chi connectivity index (χ2v) is 6.02. The van der Waals surface area contributed by atoms with Gasteiger partial charge in [-0.2, -0.15) is 0 Å². The average molecular weight is 303 g/mol. The number of benzene rings is 1. The number of ether oxygens (including phenoxy) is 2. The van der Waals surface area contributed by atoms with E-state index in [9.17, 15) is 13.5 Å². The molecular weight excluding hydrogens is 282 g/mol. The van der Waals surface area contributed by atoms with Crippen molar-refractivity contribution in [2.45, 2.75) is 31.5 Å². The van der Waals surface area contributed by atoms with Crippen LogP contribution >= 0.6 is 0 Å². The molecule has 20 heavy (non-hydrogen) atoms. The molecule has 0 fully saturated rings. The summed E-state index contributed by atoms with van der Waals surface area (Å²) in [7, 11) is -2.16. The number of aliphatic hydroxyl groups excluding tert-OH is 1. The lowest BCUT2D eigenvalue weighted by Crippen LogP contribution is -2.32. The van der Waals surface area contributed by atoms with Gasteiger partial charge in [0.25, 0.3) is 0 Å². The Bertz CT molecular complexity index is 530. The molecule has 1 aromatic rings. The Morgan fingerprint density at radius 2 is 2.10 bits per heavy atom. The number of hydrogen-bond donors (Lipinski definition) is 2. The quantitative estimate of drug-likeness (QED) is 0.745. The Labute approximate surface area is 119 Å². The number of aliphatic hydroxyl groups is 1. The van der Waals surface area contributed by atoms with Gasteiger partial charge in [0, 0.05) is 18.7 Å². The van der Waals surface area contributed by atoms with E-state index in [2.05, 4.69) is 4.72 Å². The molecule has 0 bridgehead atoms. The highest BCUT2D eigenvalue weighted by Crippen LogP contribution is 2.22. The van der Waals surface area contributed by atoms with Crippen molar-refractivity contribution in [3.05, 3.63) is 23.8 Å². The highest BCUT2D eigenvalue weighted by atomic mass is 32.2. The third-order valence-corrected chi connectivity index (χ3v) is 4.17. The minimum absolute atomic E-state index is 0.0889. The van der Waals surface area contributed by atoms with Gasteiger partial charge in [-0.25, -0.2) is 13.1 Å². The lowest BCUT2D eigenvalue weighted by Gasteiger charge is -2.14. The minimum Gasteiger partial charge on any atom is -0.496 e. The van der Waals surface area contributed by atoms with Crippen molar-refractivity contribution in [1.29, 1.82) is 0 Å². The van der Waals surface area contributed by atoms with Crippen LogP contribution in [0.5, 0.6) is 5.75 Å². The van der Waals surface area contributed by atoms with Gasteiger partial charge in [0.15, 0.2) is 0 Å². The average Bonchev–Trinajstić information content (AvgIpc) is 2.44. The van der Waals surface area contributed by atoms with Gasteiger partial charge in [-0.1, -0.05) is 0 Å². The van der Waals surface area contributed by atoms with Crippen molar-refractivity contribution in [2.24, 2.45) is 0 Å². The van der Waals surface area contributed by atoms with Gasteiger partial charge < -0.3 is 14.6 Å². The van der Waals surface area contributed by atoms with Gasteiger partial charge in [0.2, 0.25) is 10.0 Å². The molecule has 0 aliphatic rings. The van der Waals surface area contributed by atoms with E-state index >= 15 is 0 Å². The van der Waals surface area contributed by atoms with Crippen LogP contribution in [0.4, 0.5) is 0 Å². The number of hydrogen-bond acceptors (Lipinski definition) is 5. The SMILES string of the molecule is CCOC(C)CNS(=O)(=O)c1ccc(OC)c(CO)c1. The molecule has 0 aliphatic carbocycles. The van der Waals surface area contributed by atoms with Gasteiger partial charge in [-0.15, -0.1) is 0 Å². The van der Waals surface area contributed by atoms with E-state index in [0.717, 1.165) is 0 Å². The Morgan fingerprint density at radius 1 is 1.40 bits per heavy atom. The maximum absolute atomic E-state index is 12.1. The van der Waals surface area contributed by atoms with Crippen molar-refractivity contribution in [3.63, 3.8) is 0 Å². The molecule has 1 aromatic carbocycles. The molecule has 0 heterocycles. The molecule has 0 saturated carbocycles. The maximum Gasteiger partial charge on any atom is 0.240 e. The number of rotatable bonds is 8. The van der Waals surface area contributed by atoms with E-state index in [1.807, 2.05) is 6.92 Å². The Hall–Kier alpha value is -1.15. The summed E-state index contributed by atoms with van der Waals surface area (Å²) in [6.07, 6.45) is -0.203. The first-order valence-electron chi connectivity index (χ1n) is 6.33. The van der Waals surface area contributed by atoms with Crippen molar-refractivity contribution < 1.29 is 23.0 Å². The molecule has 0 amide bonds. The summed E-state index contributed by atoms with van der Waals surface area (Å²) in [6.45, 7) is 4.07. The summed E-state index contributed by atoms with van der Waals surface area (Å²) in [5, 5.41) is 9.21. The van der Waals surface area contributed by atoms with Crippen LogP contribution in [0.1, 0.15) is 19.4 Å². The minimum atomic E-state index is -3.63. The Morgan fingerprint density at radius 3 is 2.65 bits per heavy atom. The first-order chi connectivity index (χ1) is 9.44. The molecule has 2 N–H and O–H groups in total. The predicted molar refractivity (Wildman–Crippen MR) is 75.2 cm³/mol. The molecule has 6 nitrogen and oxygen atoms in total. The predicted octanol–water partition coefficient (Wildman–Crippen LogP) is 0.891. The van der Waals surface area contributed by atoms with Crippen LogP contribution in [0.3, 0.4) is 0 Å². The molecule has 0 saturated heterocycles. The lowest BCUT2D eigenvalue weighted by atomic mass is 10.2. The van der Waals surface area contributed by atoms with Crippen LogP contribution in [0.15, 0.2) is 23.1 Å². The van der Waals surface area contributed by atoms with E-state index in [0.29, 0.717) is 17.9 Å². The molecule has 1 unspecified atom stereocenters. The third kappa shape index (κ3) is 4.45. The Kier molecular flexibility index (Phi) is 6.41. The molecule has 114 valence electrons.